The second kappa shape index (κ2) is 7.15. The molecule has 0 amide bonds. The number of aromatic nitrogens is 2. The quantitative estimate of drug-likeness (QED) is 0.597. The Balaban J connectivity index is 2.09. The number of anilines is 1. The number of fused-ring (bicyclic) bond motifs is 3. The number of aliphatic hydroxyl groups excluding tert-OH is 1. The molecule has 0 aliphatic carbocycles. The standard InChI is InChI=1S/C17H25N3O2S2/c1-5-17(4)7-11-12(9-22-17)24-15-13(11)14(18-8-10(3)21)19-16(20-15)23-6-2/h10,21H,5-9H2,1-4H3,(H,18,19,20)/t10-,17-/m1/s1. The van der Waals surface area contributed by atoms with Crippen molar-refractivity contribution in [3.05, 3.63) is 10.4 Å². The van der Waals surface area contributed by atoms with Crippen LogP contribution in [-0.4, -0.2) is 39.1 Å². The Hall–Kier alpha value is -0.890. The lowest BCUT2D eigenvalue weighted by Crippen LogP contribution is -2.34. The van der Waals surface area contributed by atoms with Crippen LogP contribution in [0.3, 0.4) is 0 Å². The highest BCUT2D eigenvalue weighted by Crippen LogP contribution is 2.42. The van der Waals surface area contributed by atoms with Crippen molar-refractivity contribution < 1.29 is 9.84 Å². The molecule has 2 aromatic heterocycles. The van der Waals surface area contributed by atoms with E-state index < -0.39 is 6.10 Å². The fourth-order valence-electron chi connectivity index (χ4n) is 2.85. The van der Waals surface area contributed by atoms with Crippen LogP contribution < -0.4 is 5.32 Å². The molecule has 3 heterocycles. The molecule has 2 N–H and O–H groups in total. The number of hydrogen-bond donors (Lipinski definition) is 2. The number of hydrogen-bond acceptors (Lipinski definition) is 7. The highest BCUT2D eigenvalue weighted by Gasteiger charge is 2.33. The predicted molar refractivity (Wildman–Crippen MR) is 101 cm³/mol. The molecule has 132 valence electrons. The van der Waals surface area contributed by atoms with Crippen molar-refractivity contribution in [2.45, 2.75) is 64.0 Å². The summed E-state index contributed by atoms with van der Waals surface area (Å²) in [6, 6.07) is 0. The van der Waals surface area contributed by atoms with Crippen LogP contribution in [0.5, 0.6) is 0 Å². The number of aliphatic hydroxyl groups is 1. The summed E-state index contributed by atoms with van der Waals surface area (Å²) in [5, 5.41) is 14.9. The molecule has 0 unspecified atom stereocenters. The number of nitrogens with zero attached hydrogens (tertiary/aromatic N) is 2. The molecule has 3 rings (SSSR count). The number of nitrogens with one attached hydrogen (secondary N) is 1. The number of ether oxygens (including phenoxy) is 1. The van der Waals surface area contributed by atoms with Gasteiger partial charge in [0, 0.05) is 17.8 Å². The monoisotopic (exact) mass is 367 g/mol. The van der Waals surface area contributed by atoms with Crippen molar-refractivity contribution in [2.24, 2.45) is 0 Å². The summed E-state index contributed by atoms with van der Waals surface area (Å²) >= 11 is 3.35. The van der Waals surface area contributed by atoms with E-state index in [4.69, 9.17) is 14.7 Å². The second-order valence-corrected chi connectivity index (χ2v) is 8.79. The van der Waals surface area contributed by atoms with E-state index in [1.54, 1.807) is 30.0 Å². The highest BCUT2D eigenvalue weighted by atomic mass is 32.2. The lowest BCUT2D eigenvalue weighted by Gasteiger charge is -2.33. The fourth-order valence-corrected chi connectivity index (χ4v) is 4.58. The number of rotatable bonds is 6. The Morgan fingerprint density at radius 1 is 1.42 bits per heavy atom. The van der Waals surface area contributed by atoms with Gasteiger partial charge in [-0.1, -0.05) is 25.6 Å². The van der Waals surface area contributed by atoms with Gasteiger partial charge in [-0.05, 0) is 31.6 Å². The third-order valence-electron chi connectivity index (χ3n) is 4.40. The SMILES string of the molecule is CCSc1nc(NC[C@@H](C)O)c2c3c(sc2n1)CO[C@](C)(CC)C3. The Bertz CT molecular complexity index is 732. The van der Waals surface area contributed by atoms with E-state index in [1.807, 2.05) is 0 Å². The lowest BCUT2D eigenvalue weighted by atomic mass is 9.90. The van der Waals surface area contributed by atoms with Crippen molar-refractivity contribution >= 4 is 39.1 Å². The highest BCUT2D eigenvalue weighted by molar-refractivity contribution is 7.99. The Labute approximate surface area is 151 Å². The summed E-state index contributed by atoms with van der Waals surface area (Å²) in [5.74, 6) is 1.78. The molecule has 0 spiro atoms. The fraction of sp³-hybridized carbons (Fsp3) is 0.647. The second-order valence-electron chi connectivity index (χ2n) is 6.47. The van der Waals surface area contributed by atoms with E-state index in [-0.39, 0.29) is 5.60 Å². The first-order valence-electron chi connectivity index (χ1n) is 8.46. The summed E-state index contributed by atoms with van der Waals surface area (Å²) < 4.78 is 6.08. The van der Waals surface area contributed by atoms with Crippen molar-refractivity contribution in [1.29, 1.82) is 0 Å². The van der Waals surface area contributed by atoms with Gasteiger partial charge in [0.05, 0.1) is 23.7 Å². The van der Waals surface area contributed by atoms with Gasteiger partial charge in [0.15, 0.2) is 5.16 Å². The summed E-state index contributed by atoms with van der Waals surface area (Å²) in [5.41, 5.74) is 1.19. The van der Waals surface area contributed by atoms with Gasteiger partial charge in [-0.25, -0.2) is 9.97 Å². The van der Waals surface area contributed by atoms with Crippen molar-refractivity contribution in [2.75, 3.05) is 17.6 Å². The first kappa shape index (κ1) is 17.9. The molecule has 1 aliphatic rings. The van der Waals surface area contributed by atoms with Crippen LogP contribution in [0.2, 0.25) is 0 Å². The number of thiophene rings is 1. The third-order valence-corrected chi connectivity index (χ3v) is 6.23. The van der Waals surface area contributed by atoms with E-state index in [2.05, 4.69) is 26.1 Å². The molecule has 2 atom stereocenters. The molecule has 0 saturated heterocycles. The topological polar surface area (TPSA) is 67.3 Å². The summed E-state index contributed by atoms with van der Waals surface area (Å²) in [4.78, 5) is 11.7. The first-order chi connectivity index (χ1) is 11.5. The molecule has 0 aromatic carbocycles. The van der Waals surface area contributed by atoms with Crippen LogP contribution in [0.25, 0.3) is 10.2 Å². The summed E-state index contributed by atoms with van der Waals surface area (Å²) in [6.45, 7) is 9.34. The van der Waals surface area contributed by atoms with Crippen molar-refractivity contribution in [3.63, 3.8) is 0 Å². The first-order valence-corrected chi connectivity index (χ1v) is 10.3. The maximum Gasteiger partial charge on any atom is 0.190 e. The molecular weight excluding hydrogens is 342 g/mol. The minimum Gasteiger partial charge on any atom is -0.392 e. The van der Waals surface area contributed by atoms with Crippen LogP contribution in [0.4, 0.5) is 5.82 Å². The minimum absolute atomic E-state index is 0.126. The molecule has 5 nitrogen and oxygen atoms in total. The third kappa shape index (κ3) is 3.54. The summed E-state index contributed by atoms with van der Waals surface area (Å²) in [6.07, 6.45) is 1.44. The predicted octanol–water partition coefficient (Wildman–Crippen LogP) is 3.84. The largest absolute Gasteiger partial charge is 0.392 e. The van der Waals surface area contributed by atoms with Gasteiger partial charge >= 0.3 is 0 Å². The van der Waals surface area contributed by atoms with Crippen molar-refractivity contribution in [1.82, 2.24) is 9.97 Å². The van der Waals surface area contributed by atoms with Gasteiger partial charge in [-0.3, -0.25) is 0 Å². The van der Waals surface area contributed by atoms with E-state index in [0.717, 1.165) is 39.8 Å². The average molecular weight is 368 g/mol. The zero-order valence-electron chi connectivity index (χ0n) is 14.7. The smallest absolute Gasteiger partial charge is 0.190 e. The van der Waals surface area contributed by atoms with Crippen LogP contribution >= 0.6 is 23.1 Å². The molecule has 2 aromatic rings. The van der Waals surface area contributed by atoms with E-state index in [1.165, 1.54) is 10.4 Å². The molecule has 24 heavy (non-hydrogen) atoms. The Morgan fingerprint density at radius 2 is 2.21 bits per heavy atom. The molecule has 1 aliphatic heterocycles. The minimum atomic E-state index is -0.420. The molecule has 0 fully saturated rings. The van der Waals surface area contributed by atoms with Gasteiger partial charge in [0.1, 0.15) is 10.6 Å². The Kier molecular flexibility index (Phi) is 5.34. The van der Waals surface area contributed by atoms with E-state index >= 15 is 0 Å². The average Bonchev–Trinajstić information content (AvgIpc) is 2.90. The van der Waals surface area contributed by atoms with Gasteiger partial charge in [0.2, 0.25) is 0 Å². The van der Waals surface area contributed by atoms with Crippen molar-refractivity contribution in [3.8, 4) is 0 Å². The maximum atomic E-state index is 9.64. The molecule has 7 heteroatoms. The maximum absolute atomic E-state index is 9.64. The zero-order valence-corrected chi connectivity index (χ0v) is 16.3. The number of thioether (sulfide) groups is 1. The lowest BCUT2D eigenvalue weighted by molar-refractivity contribution is -0.0542. The van der Waals surface area contributed by atoms with Gasteiger partial charge in [0.25, 0.3) is 0 Å². The van der Waals surface area contributed by atoms with Crippen LogP contribution in [-0.2, 0) is 17.8 Å². The van der Waals surface area contributed by atoms with Gasteiger partial charge < -0.3 is 15.2 Å². The Morgan fingerprint density at radius 3 is 2.88 bits per heavy atom. The molecule has 0 saturated carbocycles. The molecular formula is C17H25N3O2S2. The van der Waals surface area contributed by atoms with E-state index in [0.29, 0.717) is 13.2 Å². The van der Waals surface area contributed by atoms with Crippen LogP contribution in [0.15, 0.2) is 5.16 Å². The van der Waals surface area contributed by atoms with Crippen LogP contribution in [0.1, 0.15) is 44.6 Å². The van der Waals surface area contributed by atoms with E-state index in [9.17, 15) is 5.11 Å². The molecule has 0 bridgehead atoms. The van der Waals surface area contributed by atoms with Gasteiger partial charge in [-0.2, -0.15) is 0 Å². The summed E-state index contributed by atoms with van der Waals surface area (Å²) in [7, 11) is 0. The van der Waals surface area contributed by atoms with Gasteiger partial charge in [-0.15, -0.1) is 11.3 Å². The zero-order chi connectivity index (χ0) is 17.3. The molecule has 0 radical (unpaired) electrons. The normalized spacial score (nSPS) is 21.7. The van der Waals surface area contributed by atoms with Crippen LogP contribution in [0, 0.1) is 0 Å².